The summed E-state index contributed by atoms with van der Waals surface area (Å²) in [5.74, 6) is -0.103. The number of pyridine rings is 1. The van der Waals surface area contributed by atoms with Gasteiger partial charge in [-0.15, -0.1) is 0 Å². The highest BCUT2D eigenvalue weighted by molar-refractivity contribution is 6.11. The maximum atomic E-state index is 13.0. The number of nitrogens with zero attached hydrogens (tertiary/aromatic N) is 1. The second-order valence-corrected chi connectivity index (χ2v) is 7.23. The van der Waals surface area contributed by atoms with Gasteiger partial charge < -0.3 is 14.3 Å². The van der Waals surface area contributed by atoms with E-state index in [2.05, 4.69) is 5.32 Å². The number of carbonyl (C=O) groups is 1. The normalized spacial score (nSPS) is 10.9. The average Bonchev–Trinajstić information content (AvgIpc) is 2.74. The number of carbonyl (C=O) groups excluding carboxylic acids is 1. The van der Waals surface area contributed by atoms with Crippen LogP contribution in [0.15, 0.2) is 74.8 Å². The molecule has 1 amide bonds. The summed E-state index contributed by atoms with van der Waals surface area (Å²) in [6.07, 6.45) is 1.68. The molecule has 0 bridgehead atoms. The number of aromatic nitrogens is 1. The molecule has 0 aliphatic rings. The topological polar surface area (TPSA) is 81.3 Å². The fourth-order valence-corrected chi connectivity index (χ4v) is 3.51. The zero-order valence-electron chi connectivity index (χ0n) is 16.9. The zero-order valence-corrected chi connectivity index (χ0v) is 16.9. The lowest BCUT2D eigenvalue weighted by molar-refractivity contribution is 0.102. The number of fused-ring (bicyclic) bond motifs is 1. The highest BCUT2D eigenvalue weighted by atomic mass is 16.3. The van der Waals surface area contributed by atoms with Crippen molar-refractivity contribution in [2.75, 3.05) is 5.32 Å². The maximum absolute atomic E-state index is 13.0. The van der Waals surface area contributed by atoms with Crippen LogP contribution in [0.1, 0.15) is 21.5 Å². The van der Waals surface area contributed by atoms with Crippen LogP contribution in [-0.4, -0.2) is 10.5 Å². The molecule has 0 aliphatic heterocycles. The van der Waals surface area contributed by atoms with Crippen LogP contribution in [0, 0.1) is 13.8 Å². The van der Waals surface area contributed by atoms with E-state index in [-0.39, 0.29) is 27.8 Å². The molecule has 0 spiro atoms. The molecule has 0 radical (unpaired) electrons. The van der Waals surface area contributed by atoms with Crippen LogP contribution in [0.25, 0.3) is 22.3 Å². The Labute approximate surface area is 172 Å². The molecule has 4 aromatic rings. The van der Waals surface area contributed by atoms with E-state index in [4.69, 9.17) is 4.42 Å². The van der Waals surface area contributed by atoms with Crippen molar-refractivity contribution in [2.24, 2.45) is 7.05 Å². The Kier molecular flexibility index (Phi) is 4.83. The summed E-state index contributed by atoms with van der Waals surface area (Å²) in [4.78, 5) is 38.3. The van der Waals surface area contributed by atoms with Crippen molar-refractivity contribution in [1.82, 2.24) is 4.57 Å². The molecular formula is C24H20N2O4. The predicted octanol–water partition coefficient (Wildman–Crippen LogP) is 4.03. The minimum Gasteiger partial charge on any atom is -0.455 e. The van der Waals surface area contributed by atoms with E-state index >= 15 is 0 Å². The number of para-hydroxylation sites is 1. The summed E-state index contributed by atoms with van der Waals surface area (Å²) in [7, 11) is 1.62. The van der Waals surface area contributed by atoms with Crippen molar-refractivity contribution in [3.63, 3.8) is 0 Å². The van der Waals surface area contributed by atoms with Crippen molar-refractivity contribution in [2.45, 2.75) is 13.8 Å². The molecule has 4 rings (SSSR count). The van der Waals surface area contributed by atoms with Gasteiger partial charge >= 0.3 is 0 Å². The van der Waals surface area contributed by atoms with Crippen molar-refractivity contribution in [3.8, 4) is 11.3 Å². The van der Waals surface area contributed by atoms with Gasteiger partial charge in [0.15, 0.2) is 11.0 Å². The third-order valence-corrected chi connectivity index (χ3v) is 4.99. The number of aryl methyl sites for hydroxylation is 2. The molecule has 150 valence electrons. The predicted molar refractivity (Wildman–Crippen MR) is 117 cm³/mol. The summed E-state index contributed by atoms with van der Waals surface area (Å²) < 4.78 is 7.49. The maximum Gasteiger partial charge on any atom is 0.274 e. The molecule has 2 aromatic carbocycles. The molecule has 6 heteroatoms. The van der Waals surface area contributed by atoms with E-state index < -0.39 is 5.91 Å². The Morgan fingerprint density at radius 1 is 1.00 bits per heavy atom. The first kappa shape index (κ1) is 19.4. The zero-order chi connectivity index (χ0) is 21.4. The molecule has 2 heterocycles. The highest BCUT2D eigenvalue weighted by Crippen LogP contribution is 2.27. The SMILES string of the molecule is Cc1cc(NC(=O)c2cccc3c(=O)c(C)c(-c4ccccc4)oc23)c(=O)n(C)c1. The average molecular weight is 400 g/mol. The van der Waals surface area contributed by atoms with Crippen molar-refractivity contribution < 1.29 is 9.21 Å². The highest BCUT2D eigenvalue weighted by Gasteiger charge is 2.19. The molecule has 6 nitrogen and oxygen atoms in total. The number of hydrogen-bond acceptors (Lipinski definition) is 4. The first-order chi connectivity index (χ1) is 14.4. The molecule has 0 saturated heterocycles. The van der Waals surface area contributed by atoms with Gasteiger partial charge in [-0.2, -0.15) is 0 Å². The van der Waals surface area contributed by atoms with Crippen LogP contribution in [0.4, 0.5) is 5.69 Å². The molecule has 0 atom stereocenters. The lowest BCUT2D eigenvalue weighted by Gasteiger charge is -2.11. The second-order valence-electron chi connectivity index (χ2n) is 7.23. The summed E-state index contributed by atoms with van der Waals surface area (Å²) in [5.41, 5.74) is 2.07. The van der Waals surface area contributed by atoms with E-state index in [1.165, 1.54) is 4.57 Å². The van der Waals surface area contributed by atoms with Gasteiger partial charge in [-0.1, -0.05) is 36.4 Å². The van der Waals surface area contributed by atoms with E-state index in [1.807, 2.05) is 37.3 Å². The number of amides is 1. The Balaban J connectivity index is 1.88. The largest absolute Gasteiger partial charge is 0.455 e. The van der Waals surface area contributed by atoms with Gasteiger partial charge in [0.05, 0.1) is 10.9 Å². The number of benzene rings is 2. The fraction of sp³-hybridized carbons (Fsp3) is 0.125. The monoisotopic (exact) mass is 400 g/mol. The molecule has 30 heavy (non-hydrogen) atoms. The van der Waals surface area contributed by atoms with Gasteiger partial charge in [-0.3, -0.25) is 14.4 Å². The Hall–Kier alpha value is -3.93. The number of hydrogen-bond donors (Lipinski definition) is 1. The smallest absolute Gasteiger partial charge is 0.274 e. The van der Waals surface area contributed by atoms with Gasteiger partial charge in [-0.25, -0.2) is 0 Å². The molecule has 1 N–H and O–H groups in total. The Bertz CT molecular complexity index is 1400. The van der Waals surface area contributed by atoms with Gasteiger partial charge in [0.2, 0.25) is 0 Å². The lowest BCUT2D eigenvalue weighted by atomic mass is 10.0. The molecule has 0 saturated carbocycles. The molecule has 0 fully saturated rings. The summed E-state index contributed by atoms with van der Waals surface area (Å²) in [6, 6.07) is 15.7. The lowest BCUT2D eigenvalue weighted by Crippen LogP contribution is -2.24. The quantitative estimate of drug-likeness (QED) is 0.563. The first-order valence-corrected chi connectivity index (χ1v) is 9.47. The summed E-state index contributed by atoms with van der Waals surface area (Å²) in [5, 5.41) is 2.98. The summed E-state index contributed by atoms with van der Waals surface area (Å²) in [6.45, 7) is 3.54. The minimum atomic E-state index is -0.519. The van der Waals surface area contributed by atoms with Gasteiger partial charge in [-0.05, 0) is 37.6 Å². The third-order valence-electron chi connectivity index (χ3n) is 4.99. The van der Waals surface area contributed by atoms with E-state index in [1.54, 1.807) is 44.4 Å². The standard InChI is InChI=1S/C24H20N2O4/c1-14-12-19(24(29)26(3)13-14)25-23(28)18-11-7-10-17-20(27)15(2)21(30-22(17)18)16-8-5-4-6-9-16/h4-13H,1-3H3,(H,25,28). The second kappa shape index (κ2) is 7.48. The van der Waals surface area contributed by atoms with Crippen LogP contribution < -0.4 is 16.3 Å². The Morgan fingerprint density at radius 2 is 1.73 bits per heavy atom. The van der Waals surface area contributed by atoms with Gasteiger partial charge in [0, 0.05) is 24.4 Å². The molecule has 0 aliphatic carbocycles. The van der Waals surface area contributed by atoms with Crippen LogP contribution in [0.3, 0.4) is 0 Å². The number of anilines is 1. The van der Waals surface area contributed by atoms with E-state index in [0.29, 0.717) is 16.7 Å². The number of rotatable bonds is 3. The summed E-state index contributed by atoms with van der Waals surface area (Å²) >= 11 is 0. The van der Waals surface area contributed by atoms with Crippen LogP contribution in [0.2, 0.25) is 0 Å². The third kappa shape index (κ3) is 3.33. The molecular weight excluding hydrogens is 380 g/mol. The van der Waals surface area contributed by atoms with Crippen molar-refractivity contribution in [1.29, 1.82) is 0 Å². The van der Waals surface area contributed by atoms with Gasteiger partial charge in [0.1, 0.15) is 11.4 Å². The minimum absolute atomic E-state index is 0.164. The van der Waals surface area contributed by atoms with Crippen LogP contribution in [0.5, 0.6) is 0 Å². The Morgan fingerprint density at radius 3 is 2.47 bits per heavy atom. The van der Waals surface area contributed by atoms with E-state index in [9.17, 15) is 14.4 Å². The van der Waals surface area contributed by atoms with Crippen molar-refractivity contribution >= 4 is 22.6 Å². The number of nitrogens with one attached hydrogen (secondary N) is 1. The van der Waals surface area contributed by atoms with Crippen LogP contribution in [-0.2, 0) is 7.05 Å². The van der Waals surface area contributed by atoms with Crippen LogP contribution >= 0.6 is 0 Å². The molecule has 0 unspecified atom stereocenters. The van der Waals surface area contributed by atoms with Crippen molar-refractivity contribution in [3.05, 3.63) is 98.1 Å². The van der Waals surface area contributed by atoms with E-state index in [0.717, 1.165) is 11.1 Å². The fourth-order valence-electron chi connectivity index (χ4n) is 3.51. The van der Waals surface area contributed by atoms with Gasteiger partial charge in [0.25, 0.3) is 11.5 Å². The molecule has 2 aromatic heterocycles. The first-order valence-electron chi connectivity index (χ1n) is 9.47.